The van der Waals surface area contributed by atoms with E-state index in [4.69, 9.17) is 16.7 Å². The van der Waals surface area contributed by atoms with E-state index in [9.17, 15) is 41.9 Å². The fraction of sp³-hybridized carbons (Fsp3) is 0.280. The van der Waals surface area contributed by atoms with Gasteiger partial charge in [0.15, 0.2) is 19.8 Å². The molecule has 0 saturated heterocycles. The van der Waals surface area contributed by atoms with E-state index >= 15 is 0 Å². The zero-order chi connectivity index (χ0) is 31.6. The van der Waals surface area contributed by atoms with Crippen molar-refractivity contribution in [3.63, 3.8) is 0 Å². The highest BCUT2D eigenvalue weighted by molar-refractivity contribution is 6.64. The molecule has 0 heterocycles. The van der Waals surface area contributed by atoms with Gasteiger partial charge in [-0.1, -0.05) is 25.8 Å². The maximum absolute atomic E-state index is 12.4. The van der Waals surface area contributed by atoms with Gasteiger partial charge in [0.1, 0.15) is 5.75 Å². The molecule has 0 amide bonds. The third-order valence-electron chi connectivity index (χ3n) is 3.40. The van der Waals surface area contributed by atoms with Gasteiger partial charge < -0.3 is 24.1 Å². The zero-order valence-corrected chi connectivity index (χ0v) is 22.3. The van der Waals surface area contributed by atoms with Gasteiger partial charge in [-0.25, -0.2) is 24.0 Å². The molecule has 0 aliphatic carbocycles. The standard InChI is InChI=1S/C13H11F3O4.C6H7ClO3.C6H8O4/c1-8(2)12(18)19-7-11(17)20-10-5-3-4-9(6-10)13(14,15)16;2*1-4(2)6(9)10-3-5(7)8/h3-6H,1,7H2,2H3;1,3H2,2H3;1,3H2,2H3,(H,7,8). The summed E-state index contributed by atoms with van der Waals surface area (Å²) in [6, 6.07) is 3.82. The number of rotatable bonds is 10. The van der Waals surface area contributed by atoms with Crippen LogP contribution in [0.1, 0.15) is 26.3 Å². The Hall–Kier alpha value is -4.46. The van der Waals surface area contributed by atoms with Gasteiger partial charge in [0.05, 0.1) is 5.56 Å². The molecule has 0 fully saturated rings. The molecule has 220 valence electrons. The summed E-state index contributed by atoms with van der Waals surface area (Å²) >= 11 is 4.88. The van der Waals surface area contributed by atoms with Crippen LogP contribution in [-0.2, 0) is 49.2 Å². The van der Waals surface area contributed by atoms with Gasteiger partial charge in [-0.05, 0) is 50.6 Å². The van der Waals surface area contributed by atoms with E-state index in [-0.39, 0.29) is 22.5 Å². The van der Waals surface area contributed by atoms with Gasteiger partial charge in [-0.2, -0.15) is 13.2 Å². The summed E-state index contributed by atoms with van der Waals surface area (Å²) in [7, 11) is 0. The number of carbonyl (C=O) groups is 6. The Morgan fingerprint density at radius 1 is 0.800 bits per heavy atom. The van der Waals surface area contributed by atoms with Gasteiger partial charge in [0.25, 0.3) is 5.24 Å². The molecule has 1 aromatic rings. The first kappa shape index (κ1) is 37.7. The number of benzene rings is 1. The third kappa shape index (κ3) is 19.6. The molecule has 0 bridgehead atoms. The smallest absolute Gasteiger partial charge is 0.416 e. The maximum Gasteiger partial charge on any atom is 0.416 e. The Bertz CT molecular complexity index is 1100. The van der Waals surface area contributed by atoms with E-state index in [1.54, 1.807) is 0 Å². The average Bonchev–Trinajstić information content (AvgIpc) is 2.84. The number of halogens is 4. The summed E-state index contributed by atoms with van der Waals surface area (Å²) in [6.45, 7) is 12.5. The molecule has 1 N–H and O–H groups in total. The van der Waals surface area contributed by atoms with Crippen molar-refractivity contribution in [1.82, 2.24) is 0 Å². The number of alkyl halides is 3. The van der Waals surface area contributed by atoms with Crippen molar-refractivity contribution < 1.29 is 66.0 Å². The Morgan fingerprint density at radius 3 is 1.60 bits per heavy atom. The number of carbonyl (C=O) groups excluding carboxylic acids is 5. The van der Waals surface area contributed by atoms with Crippen LogP contribution in [0.2, 0.25) is 0 Å². The largest absolute Gasteiger partial charge is 0.479 e. The predicted molar refractivity (Wildman–Crippen MR) is 133 cm³/mol. The topological polar surface area (TPSA) is 160 Å². The van der Waals surface area contributed by atoms with Crippen molar-refractivity contribution in [2.24, 2.45) is 0 Å². The van der Waals surface area contributed by atoms with Crippen molar-refractivity contribution in [2.45, 2.75) is 26.9 Å². The number of carboxylic acids is 1. The zero-order valence-electron chi connectivity index (χ0n) is 21.6. The van der Waals surface area contributed by atoms with Gasteiger partial charge in [0, 0.05) is 16.7 Å². The van der Waals surface area contributed by atoms with Gasteiger partial charge in [0.2, 0.25) is 0 Å². The number of hydrogen-bond acceptors (Lipinski definition) is 10. The molecule has 40 heavy (non-hydrogen) atoms. The molecule has 15 heteroatoms. The molecule has 0 aliphatic rings. The highest BCUT2D eigenvalue weighted by Crippen LogP contribution is 2.31. The minimum absolute atomic E-state index is 0.0943. The molecule has 0 aromatic heterocycles. The number of aliphatic carboxylic acids is 1. The van der Waals surface area contributed by atoms with Crippen LogP contribution in [0.3, 0.4) is 0 Å². The molecule has 0 unspecified atom stereocenters. The number of carboxylic acid groups (broad SMARTS) is 1. The Morgan fingerprint density at radius 2 is 1.23 bits per heavy atom. The number of hydrogen-bond donors (Lipinski definition) is 1. The van der Waals surface area contributed by atoms with E-state index in [1.165, 1.54) is 26.8 Å². The molecular formula is C25H26ClF3O11. The SMILES string of the molecule is C=C(C)C(=O)OCC(=O)Cl.C=C(C)C(=O)OCC(=O)O.C=C(C)C(=O)OCC(=O)Oc1cccc(C(F)(F)F)c1. The van der Waals surface area contributed by atoms with E-state index in [1.807, 2.05) is 0 Å². The summed E-state index contributed by atoms with van der Waals surface area (Å²) < 4.78 is 55.0. The first-order valence-corrected chi connectivity index (χ1v) is 10.9. The summed E-state index contributed by atoms with van der Waals surface area (Å²) in [6.07, 6.45) is -4.53. The van der Waals surface area contributed by atoms with Crippen LogP contribution in [0.4, 0.5) is 13.2 Å². The summed E-state index contributed by atoms with van der Waals surface area (Å²) in [4.78, 5) is 63.1. The van der Waals surface area contributed by atoms with Crippen LogP contribution in [-0.4, -0.2) is 60.0 Å². The highest BCUT2D eigenvalue weighted by atomic mass is 35.5. The van der Waals surface area contributed by atoms with Gasteiger partial charge in [-0.3, -0.25) is 4.79 Å². The highest BCUT2D eigenvalue weighted by Gasteiger charge is 2.30. The molecule has 11 nitrogen and oxygen atoms in total. The van der Waals surface area contributed by atoms with E-state index in [0.717, 1.165) is 12.1 Å². The normalized spacial score (nSPS) is 9.68. The summed E-state index contributed by atoms with van der Waals surface area (Å²) in [5, 5.41) is 7.34. The molecule has 0 atom stereocenters. The lowest BCUT2D eigenvalue weighted by molar-refractivity contribution is -0.152. The van der Waals surface area contributed by atoms with Gasteiger partial charge in [-0.15, -0.1) is 0 Å². The molecule has 0 spiro atoms. The predicted octanol–water partition coefficient (Wildman–Crippen LogP) is 3.79. The second-order valence-electron chi connectivity index (χ2n) is 7.32. The van der Waals surface area contributed by atoms with Crippen molar-refractivity contribution >= 4 is 46.7 Å². The lowest BCUT2D eigenvalue weighted by Crippen LogP contribution is -2.19. The van der Waals surface area contributed by atoms with E-state index in [0.29, 0.717) is 6.07 Å². The first-order valence-electron chi connectivity index (χ1n) is 10.5. The fourth-order valence-electron chi connectivity index (χ4n) is 1.64. The fourth-order valence-corrected chi connectivity index (χ4v) is 1.70. The lowest BCUT2D eigenvalue weighted by atomic mass is 10.2. The van der Waals surface area contributed by atoms with Crippen LogP contribution in [0.5, 0.6) is 5.75 Å². The van der Waals surface area contributed by atoms with Crippen LogP contribution < -0.4 is 4.74 Å². The van der Waals surface area contributed by atoms with Crippen LogP contribution in [0.15, 0.2) is 60.7 Å². The van der Waals surface area contributed by atoms with Crippen LogP contribution in [0.25, 0.3) is 0 Å². The van der Waals surface area contributed by atoms with Crippen molar-refractivity contribution in [3.05, 3.63) is 66.3 Å². The van der Waals surface area contributed by atoms with Crippen LogP contribution >= 0.6 is 11.6 Å². The summed E-state index contributed by atoms with van der Waals surface area (Å²) in [5.41, 5.74) is -0.405. The minimum atomic E-state index is -4.53. The van der Waals surface area contributed by atoms with Crippen molar-refractivity contribution in [3.8, 4) is 5.75 Å². The quantitative estimate of drug-likeness (QED) is 0.138. The van der Waals surface area contributed by atoms with Gasteiger partial charge >= 0.3 is 36.0 Å². The number of ether oxygens (including phenoxy) is 4. The lowest BCUT2D eigenvalue weighted by Gasteiger charge is -2.09. The first-order chi connectivity index (χ1) is 18.3. The molecule has 0 radical (unpaired) electrons. The molecular weight excluding hydrogens is 569 g/mol. The molecule has 0 saturated carbocycles. The molecule has 0 aliphatic heterocycles. The van der Waals surface area contributed by atoms with Crippen molar-refractivity contribution in [1.29, 1.82) is 0 Å². The second kappa shape index (κ2) is 18.7. The van der Waals surface area contributed by atoms with Crippen LogP contribution in [0, 0.1) is 0 Å². The Balaban J connectivity index is 0. The van der Waals surface area contributed by atoms with E-state index < -0.39 is 66.6 Å². The third-order valence-corrected chi connectivity index (χ3v) is 3.51. The average molecular weight is 595 g/mol. The molecule has 1 aromatic carbocycles. The van der Waals surface area contributed by atoms with Crippen molar-refractivity contribution in [2.75, 3.05) is 19.8 Å². The summed E-state index contributed by atoms with van der Waals surface area (Å²) in [5.74, 6) is -4.51. The Labute approximate surface area is 231 Å². The maximum atomic E-state index is 12.4. The molecule has 1 rings (SSSR count). The second-order valence-corrected chi connectivity index (χ2v) is 7.74. The van der Waals surface area contributed by atoms with E-state index in [2.05, 4.69) is 38.7 Å². The minimum Gasteiger partial charge on any atom is -0.479 e. The number of esters is 4. The Kier molecular flexibility index (Phi) is 17.7. The monoisotopic (exact) mass is 594 g/mol.